The number of hydrogen-bond donors (Lipinski definition) is 0. The van der Waals surface area contributed by atoms with Gasteiger partial charge in [-0.25, -0.2) is 9.79 Å². The van der Waals surface area contributed by atoms with Crippen LogP contribution in [0.1, 0.15) is 12.0 Å². The molecule has 0 radical (unpaired) electrons. The van der Waals surface area contributed by atoms with Crippen molar-refractivity contribution in [3.05, 3.63) is 48.0 Å². The molecule has 0 spiro atoms. The second-order valence-electron chi connectivity index (χ2n) is 6.12. The number of benzene rings is 1. The molecule has 24 heavy (non-hydrogen) atoms. The molecule has 1 aliphatic heterocycles. The highest BCUT2D eigenvalue weighted by molar-refractivity contribution is 5.87. The minimum absolute atomic E-state index is 0.208. The van der Waals surface area contributed by atoms with Gasteiger partial charge in [0.05, 0.1) is 12.3 Å². The second kappa shape index (κ2) is 8.29. The number of hydrogen-bond acceptors (Lipinski definition) is 3. The van der Waals surface area contributed by atoms with Gasteiger partial charge in [0.25, 0.3) is 5.91 Å². The topological polar surface area (TPSA) is 62.2 Å². The lowest BCUT2D eigenvalue weighted by Crippen LogP contribution is -2.43. The molecule has 0 aliphatic carbocycles. The fraction of sp³-hybridized carbons (Fsp3) is 0.389. The Hall–Kier alpha value is -2.63. The van der Waals surface area contributed by atoms with Crippen LogP contribution in [0.5, 0.6) is 0 Å². The number of piperidine rings is 1. The SMILES string of the molecule is C=C1CC(C(=O)/N=C/N(C)C)CN(C(=O)OCc2ccccc2)C1. The largest absolute Gasteiger partial charge is 0.445 e. The van der Waals surface area contributed by atoms with Gasteiger partial charge in [-0.2, -0.15) is 0 Å². The summed E-state index contributed by atoms with van der Waals surface area (Å²) in [7, 11) is 3.59. The van der Waals surface area contributed by atoms with Crippen LogP contribution >= 0.6 is 0 Å². The van der Waals surface area contributed by atoms with Gasteiger partial charge in [-0.1, -0.05) is 42.5 Å². The molecule has 0 N–H and O–H groups in total. The average Bonchev–Trinajstić information content (AvgIpc) is 2.57. The van der Waals surface area contributed by atoms with Crippen molar-refractivity contribution in [1.82, 2.24) is 9.80 Å². The smallest absolute Gasteiger partial charge is 0.410 e. The van der Waals surface area contributed by atoms with E-state index in [0.717, 1.165) is 11.1 Å². The normalized spacial score (nSPS) is 17.8. The van der Waals surface area contributed by atoms with E-state index in [9.17, 15) is 9.59 Å². The van der Waals surface area contributed by atoms with E-state index in [1.807, 2.05) is 30.3 Å². The van der Waals surface area contributed by atoms with Crippen LogP contribution in [0.3, 0.4) is 0 Å². The average molecular weight is 329 g/mol. The third-order valence-electron chi connectivity index (χ3n) is 3.62. The third-order valence-corrected chi connectivity index (χ3v) is 3.62. The van der Waals surface area contributed by atoms with Gasteiger partial charge in [0.2, 0.25) is 0 Å². The number of rotatable bonds is 4. The summed E-state index contributed by atoms with van der Waals surface area (Å²) in [5.41, 5.74) is 1.75. The summed E-state index contributed by atoms with van der Waals surface area (Å²) in [6, 6.07) is 9.48. The lowest BCUT2D eigenvalue weighted by atomic mass is 9.94. The van der Waals surface area contributed by atoms with Gasteiger partial charge in [0.15, 0.2) is 0 Å². The van der Waals surface area contributed by atoms with Crippen molar-refractivity contribution in [2.75, 3.05) is 27.2 Å². The molecule has 128 valence electrons. The van der Waals surface area contributed by atoms with Crippen LogP contribution in [0.25, 0.3) is 0 Å². The zero-order valence-corrected chi connectivity index (χ0v) is 14.1. The number of carbonyl (C=O) groups excluding carboxylic acids is 2. The summed E-state index contributed by atoms with van der Waals surface area (Å²) in [4.78, 5) is 31.5. The first-order chi connectivity index (χ1) is 11.5. The molecular formula is C18H23N3O3. The molecule has 1 unspecified atom stereocenters. The van der Waals surface area contributed by atoms with Crippen molar-refractivity contribution in [3.63, 3.8) is 0 Å². The van der Waals surface area contributed by atoms with Crippen LogP contribution in [0, 0.1) is 5.92 Å². The minimum atomic E-state index is -0.436. The minimum Gasteiger partial charge on any atom is -0.445 e. The number of amides is 2. The van der Waals surface area contributed by atoms with Crippen LogP contribution in [-0.2, 0) is 16.1 Å². The molecule has 2 amide bonds. The van der Waals surface area contributed by atoms with E-state index in [1.165, 1.54) is 11.2 Å². The molecule has 6 heteroatoms. The first kappa shape index (κ1) is 17.7. The number of ether oxygens (including phenoxy) is 1. The van der Waals surface area contributed by atoms with Gasteiger partial charge >= 0.3 is 6.09 Å². The highest BCUT2D eigenvalue weighted by Crippen LogP contribution is 2.22. The molecule has 1 heterocycles. The summed E-state index contributed by atoms with van der Waals surface area (Å²) >= 11 is 0. The van der Waals surface area contributed by atoms with E-state index in [-0.39, 0.29) is 18.4 Å². The summed E-state index contributed by atoms with van der Waals surface area (Å²) < 4.78 is 5.33. The Morgan fingerprint density at radius 3 is 2.75 bits per heavy atom. The molecular weight excluding hydrogens is 306 g/mol. The van der Waals surface area contributed by atoms with Gasteiger partial charge in [0.1, 0.15) is 6.61 Å². The van der Waals surface area contributed by atoms with Crippen LogP contribution in [0.15, 0.2) is 47.5 Å². The van der Waals surface area contributed by atoms with Crippen molar-refractivity contribution in [1.29, 1.82) is 0 Å². The van der Waals surface area contributed by atoms with E-state index in [4.69, 9.17) is 4.74 Å². The lowest BCUT2D eigenvalue weighted by Gasteiger charge is -2.31. The van der Waals surface area contributed by atoms with Crippen LogP contribution in [0.2, 0.25) is 0 Å². The Balaban J connectivity index is 1.93. The highest BCUT2D eigenvalue weighted by Gasteiger charge is 2.30. The van der Waals surface area contributed by atoms with Crippen molar-refractivity contribution >= 4 is 18.3 Å². The number of carbonyl (C=O) groups is 2. The molecule has 1 fully saturated rings. The lowest BCUT2D eigenvalue weighted by molar-refractivity contribution is -0.122. The molecule has 2 rings (SSSR count). The standard InChI is InChI=1S/C18H23N3O3/c1-14-9-16(17(22)19-13-20(2)3)11-21(10-14)18(23)24-12-15-7-5-4-6-8-15/h4-8,13,16H,1,9-12H2,2-3H3/b19-13+. The number of aliphatic imine (C=N–C) groups is 1. The van der Waals surface area contributed by atoms with Gasteiger partial charge in [-0.15, -0.1) is 0 Å². The van der Waals surface area contributed by atoms with Crippen molar-refractivity contribution < 1.29 is 14.3 Å². The summed E-state index contributed by atoms with van der Waals surface area (Å²) in [5.74, 6) is -0.614. The fourth-order valence-electron chi connectivity index (χ4n) is 2.47. The molecule has 1 aromatic rings. The van der Waals surface area contributed by atoms with Crippen molar-refractivity contribution in [2.24, 2.45) is 10.9 Å². The molecule has 1 atom stereocenters. The Labute approximate surface area is 142 Å². The van der Waals surface area contributed by atoms with E-state index in [1.54, 1.807) is 19.0 Å². The maximum absolute atomic E-state index is 12.3. The zero-order chi connectivity index (χ0) is 17.5. The maximum atomic E-state index is 12.3. The van der Waals surface area contributed by atoms with Crippen LogP contribution in [0.4, 0.5) is 4.79 Å². The molecule has 6 nitrogen and oxygen atoms in total. The fourth-order valence-corrected chi connectivity index (χ4v) is 2.47. The first-order valence-electron chi connectivity index (χ1n) is 7.82. The Kier molecular flexibility index (Phi) is 6.12. The molecule has 0 aromatic heterocycles. The van der Waals surface area contributed by atoms with Crippen molar-refractivity contribution in [3.8, 4) is 0 Å². The van der Waals surface area contributed by atoms with Gasteiger partial charge in [0, 0.05) is 27.2 Å². The van der Waals surface area contributed by atoms with Crippen molar-refractivity contribution in [2.45, 2.75) is 13.0 Å². The molecule has 0 bridgehead atoms. The second-order valence-corrected chi connectivity index (χ2v) is 6.12. The quantitative estimate of drug-likeness (QED) is 0.483. The van der Waals surface area contributed by atoms with E-state index in [0.29, 0.717) is 19.5 Å². The predicted octanol–water partition coefficient (Wildman–Crippen LogP) is 2.32. The van der Waals surface area contributed by atoms with E-state index in [2.05, 4.69) is 11.6 Å². The monoisotopic (exact) mass is 329 g/mol. The Morgan fingerprint density at radius 1 is 1.38 bits per heavy atom. The van der Waals surface area contributed by atoms with E-state index >= 15 is 0 Å². The zero-order valence-electron chi connectivity index (χ0n) is 14.1. The predicted molar refractivity (Wildman–Crippen MR) is 92.6 cm³/mol. The number of nitrogens with zero attached hydrogens (tertiary/aromatic N) is 3. The molecule has 1 aromatic carbocycles. The maximum Gasteiger partial charge on any atom is 0.410 e. The Morgan fingerprint density at radius 2 is 2.08 bits per heavy atom. The summed E-state index contributed by atoms with van der Waals surface area (Å²) in [5, 5.41) is 0. The van der Waals surface area contributed by atoms with Gasteiger partial charge in [-0.3, -0.25) is 4.79 Å². The van der Waals surface area contributed by atoms with E-state index < -0.39 is 6.09 Å². The Bertz CT molecular complexity index is 626. The van der Waals surface area contributed by atoms with Crippen LogP contribution < -0.4 is 0 Å². The van der Waals surface area contributed by atoms with Gasteiger partial charge < -0.3 is 14.5 Å². The third kappa shape index (κ3) is 5.22. The van der Waals surface area contributed by atoms with Gasteiger partial charge in [-0.05, 0) is 12.0 Å². The highest BCUT2D eigenvalue weighted by atomic mass is 16.6. The summed E-state index contributed by atoms with van der Waals surface area (Å²) in [6.07, 6.45) is 1.58. The first-order valence-corrected chi connectivity index (χ1v) is 7.82. The molecule has 0 saturated carbocycles. The van der Waals surface area contributed by atoms with Crippen LogP contribution in [-0.4, -0.2) is 55.3 Å². The molecule has 1 saturated heterocycles. The number of likely N-dealkylation sites (tertiary alicyclic amines) is 1. The summed E-state index contributed by atoms with van der Waals surface area (Å²) in [6.45, 7) is 4.85. The molecule has 1 aliphatic rings.